The minimum absolute atomic E-state index is 0.260. The summed E-state index contributed by atoms with van der Waals surface area (Å²) in [6.07, 6.45) is 3.90. The van der Waals surface area contributed by atoms with Crippen LogP contribution in [0.15, 0.2) is 39.6 Å². The number of carbonyl (C=O) groups is 1. The van der Waals surface area contributed by atoms with Crippen molar-refractivity contribution in [1.29, 1.82) is 0 Å². The normalized spacial score (nSPS) is 10.7. The van der Waals surface area contributed by atoms with Gasteiger partial charge < -0.3 is 19.2 Å². The van der Waals surface area contributed by atoms with Crippen molar-refractivity contribution in [2.24, 2.45) is 0 Å². The summed E-state index contributed by atoms with van der Waals surface area (Å²) in [4.78, 5) is 19.1. The van der Waals surface area contributed by atoms with E-state index in [0.29, 0.717) is 18.7 Å². The molecule has 7 nitrogen and oxygen atoms in total. The maximum absolute atomic E-state index is 11.8. The van der Waals surface area contributed by atoms with Gasteiger partial charge in [0.05, 0.1) is 12.5 Å². The van der Waals surface area contributed by atoms with Gasteiger partial charge in [0.25, 0.3) is 5.91 Å². The van der Waals surface area contributed by atoms with Gasteiger partial charge in [-0.3, -0.25) is 4.79 Å². The Hall–Kier alpha value is -2.83. The molecule has 0 bridgehead atoms. The second-order valence-corrected chi connectivity index (χ2v) is 4.55. The Morgan fingerprint density at radius 3 is 3.10 bits per heavy atom. The third kappa shape index (κ3) is 3.02. The molecule has 0 aromatic carbocycles. The van der Waals surface area contributed by atoms with E-state index in [2.05, 4.69) is 20.4 Å². The average molecular weight is 286 g/mol. The van der Waals surface area contributed by atoms with E-state index in [0.717, 1.165) is 17.3 Å². The van der Waals surface area contributed by atoms with Gasteiger partial charge >= 0.3 is 0 Å². The van der Waals surface area contributed by atoms with Gasteiger partial charge in [0.1, 0.15) is 17.3 Å². The molecule has 0 saturated heterocycles. The summed E-state index contributed by atoms with van der Waals surface area (Å²) in [5, 5.41) is 6.42. The zero-order valence-corrected chi connectivity index (χ0v) is 11.4. The number of nitrogens with zero attached hydrogens (tertiary/aromatic N) is 2. The number of hydrogen-bond acceptors (Lipinski definition) is 5. The molecule has 0 radical (unpaired) electrons. The number of furan rings is 1. The molecular weight excluding hydrogens is 272 g/mol. The molecule has 2 N–H and O–H groups in total. The van der Waals surface area contributed by atoms with Crippen LogP contribution in [0.3, 0.4) is 0 Å². The molecule has 108 valence electrons. The van der Waals surface area contributed by atoms with Gasteiger partial charge in [-0.25, -0.2) is 4.98 Å². The van der Waals surface area contributed by atoms with Crippen LogP contribution in [0.25, 0.3) is 11.5 Å². The molecule has 0 aliphatic carbocycles. The lowest BCUT2D eigenvalue weighted by molar-refractivity contribution is 0.0945. The van der Waals surface area contributed by atoms with Gasteiger partial charge in [-0.2, -0.15) is 0 Å². The van der Waals surface area contributed by atoms with Crippen LogP contribution in [0.4, 0.5) is 0 Å². The first kappa shape index (κ1) is 13.2. The molecule has 0 unspecified atom stereocenters. The smallest absolute Gasteiger partial charge is 0.273 e. The largest absolute Gasteiger partial charge is 0.463 e. The van der Waals surface area contributed by atoms with Crippen molar-refractivity contribution in [3.05, 3.63) is 47.9 Å². The van der Waals surface area contributed by atoms with Gasteiger partial charge in [-0.1, -0.05) is 5.16 Å². The van der Waals surface area contributed by atoms with Crippen LogP contribution >= 0.6 is 0 Å². The molecule has 0 aliphatic heterocycles. The summed E-state index contributed by atoms with van der Waals surface area (Å²) >= 11 is 0. The Bertz CT molecular complexity index is 727. The monoisotopic (exact) mass is 286 g/mol. The molecule has 0 fully saturated rings. The number of imidazole rings is 1. The molecule has 1 amide bonds. The van der Waals surface area contributed by atoms with Crippen molar-refractivity contribution in [2.45, 2.75) is 13.3 Å². The Kier molecular flexibility index (Phi) is 3.55. The average Bonchev–Trinajstić information content (AvgIpc) is 3.19. The van der Waals surface area contributed by atoms with E-state index < -0.39 is 0 Å². The number of nitrogens with one attached hydrogen (secondary N) is 2. The SMILES string of the molecule is Cc1cc(C(=O)NCCc2ncc(-c3ccco3)[nH]2)no1. The molecule has 3 aromatic heterocycles. The Balaban J connectivity index is 1.53. The third-order valence-electron chi connectivity index (χ3n) is 2.92. The van der Waals surface area contributed by atoms with Crippen molar-refractivity contribution in [1.82, 2.24) is 20.4 Å². The van der Waals surface area contributed by atoms with Gasteiger partial charge in [-0.05, 0) is 19.1 Å². The van der Waals surface area contributed by atoms with E-state index in [1.807, 2.05) is 12.1 Å². The van der Waals surface area contributed by atoms with Crippen LogP contribution in [-0.4, -0.2) is 27.6 Å². The minimum Gasteiger partial charge on any atom is -0.463 e. The summed E-state index contributed by atoms with van der Waals surface area (Å²) < 4.78 is 10.1. The number of carbonyl (C=O) groups excluding carboxylic acids is 1. The van der Waals surface area contributed by atoms with E-state index in [1.54, 1.807) is 25.5 Å². The van der Waals surface area contributed by atoms with Crippen molar-refractivity contribution in [3.8, 4) is 11.5 Å². The first-order valence-corrected chi connectivity index (χ1v) is 6.51. The molecule has 0 saturated carbocycles. The number of hydrogen-bond donors (Lipinski definition) is 2. The second kappa shape index (κ2) is 5.66. The fraction of sp³-hybridized carbons (Fsp3) is 0.214. The second-order valence-electron chi connectivity index (χ2n) is 4.55. The highest BCUT2D eigenvalue weighted by atomic mass is 16.5. The summed E-state index contributed by atoms with van der Waals surface area (Å²) in [5.41, 5.74) is 1.09. The van der Waals surface area contributed by atoms with Crippen LogP contribution in [0.2, 0.25) is 0 Å². The summed E-state index contributed by atoms with van der Waals surface area (Å²) in [5.74, 6) is 1.85. The van der Waals surface area contributed by atoms with Crippen molar-refractivity contribution in [3.63, 3.8) is 0 Å². The Morgan fingerprint density at radius 2 is 2.38 bits per heavy atom. The Morgan fingerprint density at radius 1 is 1.48 bits per heavy atom. The fourth-order valence-corrected chi connectivity index (χ4v) is 1.90. The molecule has 0 atom stereocenters. The van der Waals surface area contributed by atoms with Gasteiger partial charge in [0.2, 0.25) is 0 Å². The highest BCUT2D eigenvalue weighted by molar-refractivity contribution is 5.92. The van der Waals surface area contributed by atoms with Crippen molar-refractivity contribution >= 4 is 5.91 Å². The summed E-state index contributed by atoms with van der Waals surface area (Å²) in [7, 11) is 0. The molecule has 3 aromatic rings. The first-order chi connectivity index (χ1) is 10.2. The molecule has 3 heterocycles. The number of aromatic nitrogens is 3. The topological polar surface area (TPSA) is 97.0 Å². The van der Waals surface area contributed by atoms with E-state index >= 15 is 0 Å². The molecule has 7 heteroatoms. The van der Waals surface area contributed by atoms with Crippen LogP contribution in [-0.2, 0) is 6.42 Å². The number of rotatable bonds is 5. The number of H-pyrrole nitrogens is 1. The molecule has 0 spiro atoms. The molecular formula is C14H14N4O3. The van der Waals surface area contributed by atoms with Gasteiger partial charge in [0, 0.05) is 19.0 Å². The van der Waals surface area contributed by atoms with E-state index in [9.17, 15) is 4.79 Å². The number of aryl methyl sites for hydroxylation is 1. The van der Waals surface area contributed by atoms with E-state index in [1.165, 1.54) is 0 Å². The zero-order chi connectivity index (χ0) is 14.7. The predicted molar refractivity (Wildman–Crippen MR) is 73.6 cm³/mol. The van der Waals surface area contributed by atoms with E-state index in [-0.39, 0.29) is 11.6 Å². The zero-order valence-electron chi connectivity index (χ0n) is 11.4. The van der Waals surface area contributed by atoms with Gasteiger partial charge in [-0.15, -0.1) is 0 Å². The fourth-order valence-electron chi connectivity index (χ4n) is 1.90. The van der Waals surface area contributed by atoms with E-state index in [4.69, 9.17) is 8.94 Å². The minimum atomic E-state index is -0.260. The molecule has 3 rings (SSSR count). The van der Waals surface area contributed by atoms with Crippen LogP contribution < -0.4 is 5.32 Å². The Labute approximate surface area is 120 Å². The number of amides is 1. The van der Waals surface area contributed by atoms with Crippen molar-refractivity contribution < 1.29 is 13.7 Å². The molecule has 21 heavy (non-hydrogen) atoms. The first-order valence-electron chi connectivity index (χ1n) is 6.51. The maximum atomic E-state index is 11.8. The lowest BCUT2D eigenvalue weighted by Gasteiger charge is -2.00. The number of aromatic amines is 1. The van der Waals surface area contributed by atoms with Crippen LogP contribution in [0.5, 0.6) is 0 Å². The highest BCUT2D eigenvalue weighted by Crippen LogP contribution is 2.16. The maximum Gasteiger partial charge on any atom is 0.273 e. The van der Waals surface area contributed by atoms with Gasteiger partial charge in [0.15, 0.2) is 11.5 Å². The van der Waals surface area contributed by atoms with Crippen LogP contribution in [0, 0.1) is 6.92 Å². The predicted octanol–water partition coefficient (Wildman–Crippen LogP) is 1.94. The third-order valence-corrected chi connectivity index (χ3v) is 2.92. The lowest BCUT2D eigenvalue weighted by atomic mass is 10.3. The molecule has 0 aliphatic rings. The quantitative estimate of drug-likeness (QED) is 0.747. The van der Waals surface area contributed by atoms with Crippen molar-refractivity contribution in [2.75, 3.05) is 6.54 Å². The lowest BCUT2D eigenvalue weighted by Crippen LogP contribution is -2.26. The standard InChI is InChI=1S/C14H14N4O3/c1-9-7-10(18-21-9)14(19)15-5-4-13-16-8-11(17-13)12-3-2-6-20-12/h2-3,6-8H,4-5H2,1H3,(H,15,19)(H,16,17). The summed E-state index contributed by atoms with van der Waals surface area (Å²) in [6.45, 7) is 2.19. The highest BCUT2D eigenvalue weighted by Gasteiger charge is 2.11. The van der Waals surface area contributed by atoms with Crippen LogP contribution in [0.1, 0.15) is 22.1 Å². The summed E-state index contributed by atoms with van der Waals surface area (Å²) in [6, 6.07) is 5.26.